The highest BCUT2D eigenvalue weighted by molar-refractivity contribution is 6.33. The molecule has 142 valence electrons. The van der Waals surface area contributed by atoms with Gasteiger partial charge in [-0.25, -0.2) is 4.98 Å². The number of hydrogen-bond acceptors (Lipinski definition) is 5. The molecule has 28 heavy (non-hydrogen) atoms. The van der Waals surface area contributed by atoms with E-state index in [1.165, 1.54) is 0 Å². The van der Waals surface area contributed by atoms with Crippen LogP contribution in [0.15, 0.2) is 54.3 Å². The number of imidazole rings is 1. The van der Waals surface area contributed by atoms with Gasteiger partial charge < -0.3 is 15.0 Å². The molecule has 6 nitrogen and oxygen atoms in total. The normalized spacial score (nSPS) is 16.1. The highest BCUT2D eigenvalue weighted by Crippen LogP contribution is 2.26. The van der Waals surface area contributed by atoms with Crippen molar-refractivity contribution in [2.75, 3.05) is 37.6 Å². The van der Waals surface area contributed by atoms with Gasteiger partial charge in [-0.15, -0.1) is 0 Å². The Balaban J connectivity index is 1.46. The number of allylic oxidation sites excluding steroid dienone is 1. The average Bonchev–Trinajstić information content (AvgIpc) is 3.13. The lowest BCUT2D eigenvalue weighted by molar-refractivity contribution is 0.239. The molecule has 2 N–H and O–H groups in total. The molecule has 2 heterocycles. The molecular formula is C21H20ClN5O. The lowest BCUT2D eigenvalue weighted by atomic mass is 10.2. The Bertz CT molecular complexity index is 1030. The van der Waals surface area contributed by atoms with Crippen LogP contribution >= 0.6 is 11.6 Å². The number of nitrogens with one attached hydrogen (secondary N) is 1. The first kappa shape index (κ1) is 18.4. The summed E-state index contributed by atoms with van der Waals surface area (Å²) in [5.41, 5.74) is 2.83. The number of para-hydroxylation sites is 3. The van der Waals surface area contributed by atoms with Crippen molar-refractivity contribution < 1.29 is 5.11 Å². The van der Waals surface area contributed by atoms with Gasteiger partial charge in [0, 0.05) is 26.2 Å². The van der Waals surface area contributed by atoms with Gasteiger partial charge in [0.15, 0.2) is 5.82 Å². The van der Waals surface area contributed by atoms with Crippen molar-refractivity contribution in [2.24, 2.45) is 0 Å². The Morgan fingerprint density at radius 2 is 1.82 bits per heavy atom. The number of aromatic nitrogens is 2. The van der Waals surface area contributed by atoms with Crippen molar-refractivity contribution in [1.29, 1.82) is 5.26 Å². The number of piperazine rings is 1. The Hall–Kier alpha value is -3.01. The Labute approximate surface area is 168 Å². The smallest absolute Gasteiger partial charge is 0.152 e. The van der Waals surface area contributed by atoms with Crippen LogP contribution in [0.4, 0.5) is 5.69 Å². The van der Waals surface area contributed by atoms with Gasteiger partial charge in [-0.1, -0.05) is 35.9 Å². The van der Waals surface area contributed by atoms with Crippen LogP contribution in [0.1, 0.15) is 5.82 Å². The molecule has 0 amide bonds. The van der Waals surface area contributed by atoms with E-state index < -0.39 is 0 Å². The number of anilines is 1. The maximum absolute atomic E-state index is 10.6. The molecule has 1 aliphatic rings. The zero-order chi connectivity index (χ0) is 19.5. The Morgan fingerprint density at radius 1 is 1.11 bits per heavy atom. The second kappa shape index (κ2) is 7.93. The van der Waals surface area contributed by atoms with Gasteiger partial charge in [0.05, 0.1) is 28.3 Å². The molecular weight excluding hydrogens is 374 g/mol. The van der Waals surface area contributed by atoms with Gasteiger partial charge in [-0.05, 0) is 24.3 Å². The van der Waals surface area contributed by atoms with E-state index in [0.29, 0.717) is 12.4 Å². The average molecular weight is 394 g/mol. The second-order valence-electron chi connectivity index (χ2n) is 6.75. The molecule has 1 fully saturated rings. The summed E-state index contributed by atoms with van der Waals surface area (Å²) in [4.78, 5) is 11.9. The van der Waals surface area contributed by atoms with Crippen molar-refractivity contribution >= 4 is 33.9 Å². The summed E-state index contributed by atoms with van der Waals surface area (Å²) in [6.07, 6.45) is 0. The predicted molar refractivity (Wildman–Crippen MR) is 111 cm³/mol. The zero-order valence-corrected chi connectivity index (χ0v) is 16.0. The van der Waals surface area contributed by atoms with E-state index in [0.717, 1.165) is 47.9 Å². The van der Waals surface area contributed by atoms with Crippen LogP contribution < -0.4 is 4.90 Å². The summed E-state index contributed by atoms with van der Waals surface area (Å²) >= 11 is 6.29. The quantitative estimate of drug-likeness (QED) is 0.520. The number of benzene rings is 2. The summed E-state index contributed by atoms with van der Waals surface area (Å²) in [6.45, 7) is 3.48. The van der Waals surface area contributed by atoms with Gasteiger partial charge in [0.2, 0.25) is 0 Å². The molecule has 1 aliphatic heterocycles. The SMILES string of the molecule is N#C/C(=C(/O)CN1CCN(c2ccccc2Cl)CC1)c1nc2ccccc2[nH]1. The number of fused-ring (bicyclic) bond motifs is 1. The van der Waals surface area contributed by atoms with E-state index >= 15 is 0 Å². The molecule has 0 bridgehead atoms. The van der Waals surface area contributed by atoms with E-state index in [1.807, 2.05) is 48.5 Å². The van der Waals surface area contributed by atoms with E-state index in [9.17, 15) is 10.4 Å². The number of rotatable bonds is 4. The minimum atomic E-state index is 0.0350. The standard InChI is InChI=1S/C21H20ClN5O/c22-16-5-1-4-8-19(16)27-11-9-26(10-12-27)14-20(28)15(13-23)21-24-17-6-2-3-7-18(17)25-21/h1-8,28H,9-12,14H2,(H,24,25)/b20-15-. The van der Waals surface area contributed by atoms with Gasteiger partial charge in [-0.3, -0.25) is 4.90 Å². The fourth-order valence-corrected chi connectivity index (χ4v) is 3.73. The number of nitriles is 1. The largest absolute Gasteiger partial charge is 0.509 e. The summed E-state index contributed by atoms with van der Waals surface area (Å²) in [6, 6.07) is 17.5. The Morgan fingerprint density at radius 3 is 2.54 bits per heavy atom. The highest BCUT2D eigenvalue weighted by Gasteiger charge is 2.21. The number of aliphatic hydroxyl groups is 1. The molecule has 4 rings (SSSR count). The summed E-state index contributed by atoms with van der Waals surface area (Å²) in [5.74, 6) is 0.434. The highest BCUT2D eigenvalue weighted by atomic mass is 35.5. The van der Waals surface area contributed by atoms with Gasteiger partial charge >= 0.3 is 0 Å². The molecule has 1 aromatic heterocycles. The number of H-pyrrole nitrogens is 1. The third kappa shape index (κ3) is 3.68. The lowest BCUT2D eigenvalue weighted by Gasteiger charge is -2.36. The number of halogens is 1. The van der Waals surface area contributed by atoms with Crippen LogP contribution in [-0.4, -0.2) is 52.7 Å². The monoisotopic (exact) mass is 393 g/mol. The molecule has 7 heteroatoms. The minimum Gasteiger partial charge on any atom is -0.509 e. The Kier molecular flexibility index (Phi) is 5.20. The van der Waals surface area contributed by atoms with Gasteiger partial charge in [0.1, 0.15) is 17.4 Å². The van der Waals surface area contributed by atoms with E-state index in [-0.39, 0.29) is 11.3 Å². The molecule has 2 aromatic carbocycles. The van der Waals surface area contributed by atoms with Crippen LogP contribution in [0.25, 0.3) is 16.6 Å². The van der Waals surface area contributed by atoms with Crippen molar-refractivity contribution in [2.45, 2.75) is 0 Å². The molecule has 0 unspecified atom stereocenters. The molecule has 3 aromatic rings. The number of hydrogen-bond donors (Lipinski definition) is 2. The minimum absolute atomic E-state index is 0.0350. The maximum atomic E-state index is 10.6. The van der Waals surface area contributed by atoms with Crippen molar-refractivity contribution in [3.8, 4) is 6.07 Å². The molecule has 0 atom stereocenters. The number of nitrogens with zero attached hydrogens (tertiary/aromatic N) is 4. The molecule has 1 saturated heterocycles. The molecule has 0 spiro atoms. The molecule has 0 radical (unpaired) electrons. The van der Waals surface area contributed by atoms with E-state index in [4.69, 9.17) is 11.6 Å². The molecule has 0 aliphatic carbocycles. The van der Waals surface area contributed by atoms with Crippen LogP contribution in [0.5, 0.6) is 0 Å². The van der Waals surface area contributed by atoms with Gasteiger partial charge in [0.25, 0.3) is 0 Å². The molecule has 0 saturated carbocycles. The zero-order valence-electron chi connectivity index (χ0n) is 15.3. The van der Waals surface area contributed by atoms with Crippen LogP contribution in [0.2, 0.25) is 5.02 Å². The first-order valence-corrected chi connectivity index (χ1v) is 9.52. The number of aromatic amines is 1. The summed E-state index contributed by atoms with van der Waals surface area (Å²) in [5, 5.41) is 20.9. The van der Waals surface area contributed by atoms with E-state index in [1.54, 1.807) is 0 Å². The number of aliphatic hydroxyl groups excluding tert-OH is 1. The second-order valence-corrected chi connectivity index (χ2v) is 7.16. The fourth-order valence-electron chi connectivity index (χ4n) is 3.47. The van der Waals surface area contributed by atoms with Crippen molar-refractivity contribution in [1.82, 2.24) is 14.9 Å². The third-order valence-corrected chi connectivity index (χ3v) is 5.28. The lowest BCUT2D eigenvalue weighted by Crippen LogP contribution is -2.47. The van der Waals surface area contributed by atoms with Crippen LogP contribution in [0.3, 0.4) is 0 Å². The van der Waals surface area contributed by atoms with Crippen molar-refractivity contribution in [3.05, 3.63) is 65.1 Å². The van der Waals surface area contributed by atoms with Gasteiger partial charge in [-0.2, -0.15) is 5.26 Å². The first-order valence-electron chi connectivity index (χ1n) is 9.15. The van der Waals surface area contributed by atoms with E-state index in [2.05, 4.69) is 25.8 Å². The van der Waals surface area contributed by atoms with Crippen molar-refractivity contribution in [3.63, 3.8) is 0 Å². The topological polar surface area (TPSA) is 79.2 Å². The maximum Gasteiger partial charge on any atom is 0.152 e. The van der Waals surface area contributed by atoms with Crippen LogP contribution in [0, 0.1) is 11.3 Å². The third-order valence-electron chi connectivity index (χ3n) is 4.97. The predicted octanol–water partition coefficient (Wildman–Crippen LogP) is 3.83. The fraction of sp³-hybridized carbons (Fsp3) is 0.238. The summed E-state index contributed by atoms with van der Waals surface area (Å²) < 4.78 is 0. The summed E-state index contributed by atoms with van der Waals surface area (Å²) in [7, 11) is 0. The first-order chi connectivity index (χ1) is 13.7. The van der Waals surface area contributed by atoms with Crippen LogP contribution in [-0.2, 0) is 0 Å².